The highest BCUT2D eigenvalue weighted by Crippen LogP contribution is 2.44. The van der Waals surface area contributed by atoms with Crippen molar-refractivity contribution in [1.82, 2.24) is 20.7 Å². The van der Waals surface area contributed by atoms with Crippen molar-refractivity contribution in [2.45, 2.75) is 38.8 Å². The molecule has 10 heteroatoms. The molecule has 0 radical (unpaired) electrons. The molecular formula is C21H22N6O4. The molecule has 10 nitrogen and oxygen atoms in total. The summed E-state index contributed by atoms with van der Waals surface area (Å²) in [4.78, 5) is 21.0. The van der Waals surface area contributed by atoms with Gasteiger partial charge in [0.2, 0.25) is 5.89 Å². The maximum atomic E-state index is 12.6. The van der Waals surface area contributed by atoms with E-state index in [-0.39, 0.29) is 18.1 Å². The van der Waals surface area contributed by atoms with Crippen molar-refractivity contribution in [1.29, 1.82) is 5.41 Å². The van der Waals surface area contributed by atoms with E-state index < -0.39 is 11.5 Å². The van der Waals surface area contributed by atoms with E-state index in [0.29, 0.717) is 36.1 Å². The van der Waals surface area contributed by atoms with Gasteiger partial charge >= 0.3 is 0 Å². The van der Waals surface area contributed by atoms with Crippen LogP contribution in [0, 0.1) is 19.3 Å². The molecule has 0 bridgehead atoms. The molecule has 0 aliphatic heterocycles. The summed E-state index contributed by atoms with van der Waals surface area (Å²) >= 11 is 0. The van der Waals surface area contributed by atoms with Gasteiger partial charge < -0.3 is 24.7 Å². The minimum absolute atomic E-state index is 0.0968. The predicted octanol–water partition coefficient (Wildman–Crippen LogP) is 2.41. The van der Waals surface area contributed by atoms with Crippen LogP contribution in [0.5, 0.6) is 0 Å². The summed E-state index contributed by atoms with van der Waals surface area (Å²) in [5.41, 5.74) is 4.19. The summed E-state index contributed by atoms with van der Waals surface area (Å²) in [6, 6.07) is 7.53. The Morgan fingerprint density at radius 2 is 2.16 bits per heavy atom. The van der Waals surface area contributed by atoms with Crippen LogP contribution in [0.3, 0.4) is 0 Å². The minimum atomic E-state index is -0.853. The first-order chi connectivity index (χ1) is 14.8. The number of amidine groups is 1. The number of amides is 1. The van der Waals surface area contributed by atoms with E-state index in [2.05, 4.69) is 25.8 Å². The number of rotatable bonds is 7. The third-order valence-corrected chi connectivity index (χ3v) is 4.74. The second-order valence-corrected chi connectivity index (χ2v) is 7.40. The van der Waals surface area contributed by atoms with Gasteiger partial charge in [0.25, 0.3) is 5.91 Å². The van der Waals surface area contributed by atoms with Crippen molar-refractivity contribution >= 4 is 18.0 Å². The molecule has 2 aromatic heterocycles. The summed E-state index contributed by atoms with van der Waals surface area (Å²) in [6.07, 6.45) is 3.94. The van der Waals surface area contributed by atoms with Gasteiger partial charge in [-0.05, 0) is 25.8 Å². The minimum Gasteiger partial charge on any atom is -0.447 e. The van der Waals surface area contributed by atoms with E-state index in [0.717, 1.165) is 17.3 Å². The van der Waals surface area contributed by atoms with Crippen molar-refractivity contribution in [3.8, 4) is 11.3 Å². The Labute approximate surface area is 177 Å². The van der Waals surface area contributed by atoms with Gasteiger partial charge in [-0.3, -0.25) is 10.2 Å². The quantitative estimate of drug-likeness (QED) is 0.259. The number of aromatic nitrogens is 2. The van der Waals surface area contributed by atoms with Gasteiger partial charge in [-0.2, -0.15) is 5.10 Å². The first-order valence-corrected chi connectivity index (χ1v) is 9.71. The molecule has 1 amide bonds. The molecule has 0 saturated heterocycles. The number of carbonyl (C=O) groups excluding carboxylic acids is 1. The lowest BCUT2D eigenvalue weighted by atomic mass is 10.1. The molecule has 1 aromatic carbocycles. The van der Waals surface area contributed by atoms with Gasteiger partial charge in [0.15, 0.2) is 17.3 Å². The number of aryl methyl sites for hydroxylation is 2. The van der Waals surface area contributed by atoms with Crippen molar-refractivity contribution in [2.75, 3.05) is 0 Å². The number of nitrogens with zero attached hydrogens (tertiary/aromatic N) is 3. The van der Waals surface area contributed by atoms with Crippen LogP contribution in [0.4, 0.5) is 0 Å². The molecule has 1 saturated carbocycles. The Morgan fingerprint density at radius 1 is 1.35 bits per heavy atom. The van der Waals surface area contributed by atoms with Crippen LogP contribution >= 0.6 is 0 Å². The Kier molecular flexibility index (Phi) is 5.38. The van der Waals surface area contributed by atoms with Gasteiger partial charge in [-0.1, -0.05) is 23.8 Å². The Balaban J connectivity index is 1.33. The van der Waals surface area contributed by atoms with Gasteiger partial charge in [-0.15, -0.1) is 0 Å². The molecule has 0 atom stereocenters. The highest BCUT2D eigenvalue weighted by Gasteiger charge is 2.44. The molecule has 3 aromatic rings. The fourth-order valence-electron chi connectivity index (χ4n) is 2.98. The summed E-state index contributed by atoms with van der Waals surface area (Å²) in [5.74, 6) is 0.265. The molecule has 4 N–H and O–H groups in total. The number of oxazole rings is 2. The first-order valence-electron chi connectivity index (χ1n) is 9.71. The zero-order valence-electron chi connectivity index (χ0n) is 17.1. The van der Waals surface area contributed by atoms with E-state index >= 15 is 0 Å². The highest BCUT2D eigenvalue weighted by molar-refractivity contribution is 6.32. The zero-order valence-corrected chi connectivity index (χ0v) is 17.1. The standard InChI is InChI=1S/C21H22N6O4/c1-12-4-3-5-14(8-12)19-18(25-13(2)31-19)20(28)27-16(22)9-23-24-10-17-26-15(11-30-17)21(29)6-7-21/h3-5,8-9,11,24,29H,6-7,10H2,1-2H3,(H2,22,27,28)/b23-9-. The summed E-state index contributed by atoms with van der Waals surface area (Å²) < 4.78 is 10.9. The number of aliphatic hydroxyl groups is 1. The molecule has 2 heterocycles. The fourth-order valence-corrected chi connectivity index (χ4v) is 2.98. The van der Waals surface area contributed by atoms with Crippen LogP contribution in [0.2, 0.25) is 0 Å². The molecular weight excluding hydrogens is 400 g/mol. The van der Waals surface area contributed by atoms with E-state index in [9.17, 15) is 9.90 Å². The second kappa shape index (κ2) is 8.15. The SMILES string of the molecule is Cc1cccc(-c2oc(C)nc2C(=O)NC(=N)/C=N\NCc2nc(C3(O)CC3)co2)c1. The van der Waals surface area contributed by atoms with Gasteiger partial charge in [0, 0.05) is 12.5 Å². The summed E-state index contributed by atoms with van der Waals surface area (Å²) in [6.45, 7) is 3.77. The number of nitrogens with one attached hydrogen (secondary N) is 3. The third-order valence-electron chi connectivity index (χ3n) is 4.74. The van der Waals surface area contributed by atoms with E-state index in [1.54, 1.807) is 6.92 Å². The topological polar surface area (TPSA) is 150 Å². The average Bonchev–Trinajstić information content (AvgIpc) is 3.14. The fraction of sp³-hybridized carbons (Fsp3) is 0.286. The maximum Gasteiger partial charge on any atom is 0.279 e. The van der Waals surface area contributed by atoms with E-state index in [1.165, 1.54) is 6.26 Å². The highest BCUT2D eigenvalue weighted by atomic mass is 16.4. The van der Waals surface area contributed by atoms with Crippen molar-refractivity contribution in [3.05, 3.63) is 59.3 Å². The van der Waals surface area contributed by atoms with Crippen LogP contribution in [0.25, 0.3) is 11.3 Å². The van der Waals surface area contributed by atoms with Crippen LogP contribution in [0.15, 0.2) is 44.5 Å². The lowest BCUT2D eigenvalue weighted by Crippen LogP contribution is -2.31. The van der Waals surface area contributed by atoms with Gasteiger partial charge in [0.1, 0.15) is 29.9 Å². The van der Waals surface area contributed by atoms with Crippen molar-refractivity contribution in [2.24, 2.45) is 5.10 Å². The number of carbonyl (C=O) groups is 1. The molecule has 160 valence electrons. The zero-order chi connectivity index (χ0) is 22.0. The van der Waals surface area contributed by atoms with E-state index in [4.69, 9.17) is 14.2 Å². The number of hydrogen-bond acceptors (Lipinski definition) is 9. The molecule has 1 aliphatic rings. The van der Waals surface area contributed by atoms with Gasteiger partial charge in [-0.25, -0.2) is 9.97 Å². The molecule has 1 aliphatic carbocycles. The average molecular weight is 422 g/mol. The monoisotopic (exact) mass is 422 g/mol. The third kappa shape index (κ3) is 4.69. The smallest absolute Gasteiger partial charge is 0.279 e. The van der Waals surface area contributed by atoms with Crippen LogP contribution in [-0.4, -0.2) is 33.0 Å². The number of hydrazone groups is 1. The molecule has 31 heavy (non-hydrogen) atoms. The van der Waals surface area contributed by atoms with Crippen LogP contribution in [-0.2, 0) is 12.1 Å². The maximum absolute atomic E-state index is 12.6. The Hall–Kier alpha value is -3.79. The lowest BCUT2D eigenvalue weighted by molar-refractivity contribution is 0.0973. The molecule has 0 unspecified atom stereocenters. The molecule has 0 spiro atoms. The Bertz CT molecular complexity index is 1160. The number of hydrogen-bond donors (Lipinski definition) is 4. The normalized spacial score (nSPS) is 14.5. The second-order valence-electron chi connectivity index (χ2n) is 7.40. The molecule has 4 rings (SSSR count). The van der Waals surface area contributed by atoms with Crippen LogP contribution in [0.1, 0.15) is 46.4 Å². The lowest BCUT2D eigenvalue weighted by Gasteiger charge is -2.03. The number of benzene rings is 1. The first kappa shape index (κ1) is 20.5. The van der Waals surface area contributed by atoms with E-state index in [1.807, 2.05) is 31.2 Å². The summed E-state index contributed by atoms with van der Waals surface area (Å²) in [7, 11) is 0. The van der Waals surface area contributed by atoms with Crippen LogP contribution < -0.4 is 10.7 Å². The summed E-state index contributed by atoms with van der Waals surface area (Å²) in [5, 5.41) is 24.2. The Morgan fingerprint density at radius 3 is 2.90 bits per heavy atom. The predicted molar refractivity (Wildman–Crippen MR) is 112 cm³/mol. The largest absolute Gasteiger partial charge is 0.447 e. The van der Waals surface area contributed by atoms with Crippen molar-refractivity contribution in [3.63, 3.8) is 0 Å². The van der Waals surface area contributed by atoms with Gasteiger partial charge in [0.05, 0.1) is 6.21 Å². The van der Waals surface area contributed by atoms with Crippen molar-refractivity contribution < 1.29 is 18.7 Å². The molecule has 1 fully saturated rings.